The number of carboxylic acid groups (broad SMARTS) is 1. The largest absolute Gasteiger partial charge is 0.481 e. The van der Waals surface area contributed by atoms with Crippen molar-refractivity contribution in [2.75, 3.05) is 0 Å². The summed E-state index contributed by atoms with van der Waals surface area (Å²) in [6.07, 6.45) is 0.577. The Morgan fingerprint density at radius 3 is 2.81 bits per heavy atom. The molecule has 1 unspecified atom stereocenters. The Hall–Kier alpha value is -1.09. The van der Waals surface area contributed by atoms with Gasteiger partial charge in [-0.15, -0.1) is 0 Å². The van der Waals surface area contributed by atoms with E-state index in [0.717, 1.165) is 9.13 Å². The molecule has 3 nitrogen and oxygen atoms in total. The molecule has 1 rings (SSSR count). The minimum Gasteiger partial charge on any atom is -0.481 e. The third kappa shape index (κ3) is 2.73. The molecule has 1 aromatic carbocycles. The SMILES string of the molecule is CC(CCC#N)(C(=O)O)c1cccc(I)c1. The standard InChI is InChI=1S/C12H12INO2/c1-12(11(15)16,6-3-7-14)9-4-2-5-10(13)8-9/h2,4-5,8H,3,6H2,1H3,(H,15,16). The predicted molar refractivity (Wildman–Crippen MR) is 69.0 cm³/mol. The van der Waals surface area contributed by atoms with E-state index in [1.165, 1.54) is 0 Å². The average molecular weight is 329 g/mol. The number of carboxylic acids is 1. The van der Waals surface area contributed by atoms with Crippen LogP contribution < -0.4 is 0 Å². The maximum Gasteiger partial charge on any atom is 0.313 e. The summed E-state index contributed by atoms with van der Waals surface area (Å²) in [6, 6.07) is 9.40. The van der Waals surface area contributed by atoms with Crippen molar-refractivity contribution in [3.63, 3.8) is 0 Å². The minimum absolute atomic E-state index is 0.244. The monoisotopic (exact) mass is 329 g/mol. The van der Waals surface area contributed by atoms with Crippen LogP contribution in [-0.4, -0.2) is 11.1 Å². The Labute approximate surface area is 108 Å². The van der Waals surface area contributed by atoms with Crippen LogP contribution in [0, 0.1) is 14.9 Å². The molecule has 0 amide bonds. The highest BCUT2D eigenvalue weighted by atomic mass is 127. The van der Waals surface area contributed by atoms with Crippen LogP contribution in [0.25, 0.3) is 0 Å². The van der Waals surface area contributed by atoms with E-state index in [0.29, 0.717) is 6.42 Å². The lowest BCUT2D eigenvalue weighted by atomic mass is 9.79. The van der Waals surface area contributed by atoms with Gasteiger partial charge in [-0.3, -0.25) is 4.79 Å². The van der Waals surface area contributed by atoms with Gasteiger partial charge in [-0.05, 0) is 53.6 Å². The van der Waals surface area contributed by atoms with Gasteiger partial charge in [0.05, 0.1) is 11.5 Å². The van der Waals surface area contributed by atoms with E-state index in [9.17, 15) is 9.90 Å². The normalized spacial score (nSPS) is 13.8. The highest BCUT2D eigenvalue weighted by Crippen LogP contribution is 2.30. The highest BCUT2D eigenvalue weighted by Gasteiger charge is 2.34. The summed E-state index contributed by atoms with van der Waals surface area (Å²) >= 11 is 2.15. The molecular weight excluding hydrogens is 317 g/mol. The van der Waals surface area contributed by atoms with Crippen molar-refractivity contribution in [1.82, 2.24) is 0 Å². The van der Waals surface area contributed by atoms with Crippen molar-refractivity contribution in [2.24, 2.45) is 0 Å². The molecular formula is C12H12INO2. The summed E-state index contributed by atoms with van der Waals surface area (Å²) in [5.74, 6) is -0.884. The highest BCUT2D eigenvalue weighted by molar-refractivity contribution is 14.1. The first-order chi connectivity index (χ1) is 7.50. The van der Waals surface area contributed by atoms with E-state index in [1.807, 2.05) is 24.3 Å². The molecule has 0 saturated carbocycles. The van der Waals surface area contributed by atoms with Crippen LogP contribution in [0.5, 0.6) is 0 Å². The van der Waals surface area contributed by atoms with Gasteiger partial charge >= 0.3 is 5.97 Å². The molecule has 0 radical (unpaired) electrons. The fraction of sp³-hybridized carbons (Fsp3) is 0.333. The van der Waals surface area contributed by atoms with Crippen molar-refractivity contribution < 1.29 is 9.90 Å². The van der Waals surface area contributed by atoms with Gasteiger partial charge in [-0.2, -0.15) is 5.26 Å². The number of nitriles is 1. The summed E-state index contributed by atoms with van der Waals surface area (Å²) in [6.45, 7) is 1.66. The van der Waals surface area contributed by atoms with Gasteiger partial charge in [0.15, 0.2) is 0 Å². The summed E-state index contributed by atoms with van der Waals surface area (Å²) in [7, 11) is 0. The van der Waals surface area contributed by atoms with E-state index < -0.39 is 11.4 Å². The van der Waals surface area contributed by atoms with E-state index in [1.54, 1.807) is 13.0 Å². The fourth-order valence-electron chi connectivity index (χ4n) is 1.51. The third-order valence-corrected chi connectivity index (χ3v) is 3.34. The fourth-order valence-corrected chi connectivity index (χ4v) is 2.06. The summed E-state index contributed by atoms with van der Waals surface area (Å²) < 4.78 is 1.000. The van der Waals surface area contributed by atoms with Gasteiger partial charge < -0.3 is 5.11 Å². The van der Waals surface area contributed by atoms with Gasteiger partial charge in [0, 0.05) is 9.99 Å². The molecule has 0 heterocycles. The first kappa shape index (κ1) is 13.0. The van der Waals surface area contributed by atoms with Crippen LogP contribution in [0.4, 0.5) is 0 Å². The van der Waals surface area contributed by atoms with Crippen molar-refractivity contribution in [1.29, 1.82) is 5.26 Å². The molecule has 1 aromatic rings. The van der Waals surface area contributed by atoms with Gasteiger partial charge in [-0.1, -0.05) is 12.1 Å². The molecule has 0 aliphatic carbocycles. The number of aliphatic carboxylic acids is 1. The van der Waals surface area contributed by atoms with Crippen LogP contribution in [0.15, 0.2) is 24.3 Å². The van der Waals surface area contributed by atoms with E-state index >= 15 is 0 Å². The second-order valence-corrected chi connectivity index (χ2v) is 5.05. The Bertz CT molecular complexity index is 439. The number of rotatable bonds is 4. The van der Waals surface area contributed by atoms with Crippen molar-refractivity contribution in [2.45, 2.75) is 25.2 Å². The maximum absolute atomic E-state index is 11.3. The van der Waals surface area contributed by atoms with E-state index in [-0.39, 0.29) is 6.42 Å². The van der Waals surface area contributed by atoms with Crippen LogP contribution in [-0.2, 0) is 10.2 Å². The maximum atomic E-state index is 11.3. The predicted octanol–water partition coefficient (Wildman–Crippen LogP) is 2.94. The Balaban J connectivity index is 3.12. The van der Waals surface area contributed by atoms with Gasteiger partial charge in [0.25, 0.3) is 0 Å². The van der Waals surface area contributed by atoms with Crippen molar-refractivity contribution >= 4 is 28.6 Å². The number of nitrogens with zero attached hydrogens (tertiary/aromatic N) is 1. The molecule has 16 heavy (non-hydrogen) atoms. The topological polar surface area (TPSA) is 61.1 Å². The second-order valence-electron chi connectivity index (χ2n) is 3.81. The average Bonchev–Trinajstić information content (AvgIpc) is 2.25. The van der Waals surface area contributed by atoms with Crippen LogP contribution in [0.2, 0.25) is 0 Å². The first-order valence-electron chi connectivity index (χ1n) is 4.87. The van der Waals surface area contributed by atoms with Crippen LogP contribution in [0.1, 0.15) is 25.3 Å². The third-order valence-electron chi connectivity index (χ3n) is 2.67. The molecule has 0 aliphatic heterocycles. The van der Waals surface area contributed by atoms with E-state index in [2.05, 4.69) is 22.6 Å². The molecule has 0 spiro atoms. The molecule has 84 valence electrons. The molecule has 0 aliphatic rings. The zero-order valence-corrected chi connectivity index (χ0v) is 11.1. The number of benzene rings is 1. The molecule has 4 heteroatoms. The molecule has 1 atom stereocenters. The van der Waals surface area contributed by atoms with Crippen LogP contribution in [0.3, 0.4) is 0 Å². The van der Waals surface area contributed by atoms with Crippen molar-refractivity contribution in [3.05, 3.63) is 33.4 Å². The number of hydrogen-bond donors (Lipinski definition) is 1. The molecule has 0 bridgehead atoms. The number of halogens is 1. The molecule has 0 fully saturated rings. The van der Waals surface area contributed by atoms with Gasteiger partial charge in [0.1, 0.15) is 0 Å². The van der Waals surface area contributed by atoms with Crippen LogP contribution >= 0.6 is 22.6 Å². The lowest BCUT2D eigenvalue weighted by Gasteiger charge is -2.24. The van der Waals surface area contributed by atoms with Gasteiger partial charge in [-0.25, -0.2) is 0 Å². The summed E-state index contributed by atoms with van der Waals surface area (Å²) in [4.78, 5) is 11.3. The lowest BCUT2D eigenvalue weighted by molar-refractivity contribution is -0.143. The number of carbonyl (C=O) groups is 1. The second kappa shape index (κ2) is 5.30. The summed E-state index contributed by atoms with van der Waals surface area (Å²) in [5, 5.41) is 17.9. The Kier molecular flexibility index (Phi) is 4.30. The molecule has 0 aromatic heterocycles. The molecule has 1 N–H and O–H groups in total. The Morgan fingerprint density at radius 2 is 2.31 bits per heavy atom. The number of hydrogen-bond acceptors (Lipinski definition) is 2. The first-order valence-corrected chi connectivity index (χ1v) is 5.95. The Morgan fingerprint density at radius 1 is 1.62 bits per heavy atom. The lowest BCUT2D eigenvalue weighted by Crippen LogP contribution is -2.32. The van der Waals surface area contributed by atoms with Gasteiger partial charge in [0.2, 0.25) is 0 Å². The quantitative estimate of drug-likeness (QED) is 0.864. The van der Waals surface area contributed by atoms with Crippen molar-refractivity contribution in [3.8, 4) is 6.07 Å². The zero-order chi connectivity index (χ0) is 12.2. The van der Waals surface area contributed by atoms with E-state index in [4.69, 9.17) is 5.26 Å². The zero-order valence-electron chi connectivity index (χ0n) is 8.90. The smallest absolute Gasteiger partial charge is 0.313 e. The molecule has 0 saturated heterocycles. The summed E-state index contributed by atoms with van der Waals surface area (Å²) in [5.41, 5.74) is -0.223. The minimum atomic E-state index is -0.975.